The van der Waals surface area contributed by atoms with Gasteiger partial charge >= 0.3 is 12.1 Å². The number of carboxylic acids is 1. The van der Waals surface area contributed by atoms with E-state index in [1.54, 1.807) is 0 Å². The number of carbonyl (C=O) groups excluding carboxylic acids is 1. The van der Waals surface area contributed by atoms with E-state index in [0.717, 1.165) is 24.8 Å². The van der Waals surface area contributed by atoms with Gasteiger partial charge in [0.2, 0.25) is 0 Å². The maximum Gasteiger partial charge on any atom is 0.407 e. The summed E-state index contributed by atoms with van der Waals surface area (Å²) in [6.07, 6.45) is 3.05. The molecule has 29 heavy (non-hydrogen) atoms. The zero-order chi connectivity index (χ0) is 21.2. The summed E-state index contributed by atoms with van der Waals surface area (Å²) in [7, 11) is 0. The topological polar surface area (TPSA) is 127 Å². The number of aromatic nitrogens is 1. The third-order valence-electron chi connectivity index (χ3n) is 4.24. The summed E-state index contributed by atoms with van der Waals surface area (Å²) in [6, 6.07) is 9.41. The summed E-state index contributed by atoms with van der Waals surface area (Å²) in [6.45, 7) is 2.64. The molecule has 0 fully saturated rings. The summed E-state index contributed by atoms with van der Waals surface area (Å²) in [5.74, 6) is -1.13. The highest BCUT2D eigenvalue weighted by Gasteiger charge is 2.18. The van der Waals surface area contributed by atoms with Crippen molar-refractivity contribution in [2.45, 2.75) is 38.8 Å². The second kappa shape index (κ2) is 11.1. The Morgan fingerprint density at radius 1 is 1.28 bits per heavy atom. The molecule has 0 bridgehead atoms. The molecule has 0 spiro atoms. The number of nitrogens with two attached hydrogens (primary N) is 1. The molecule has 0 aliphatic carbocycles. The number of nitrogens with zero attached hydrogens (tertiary/aromatic N) is 1. The lowest BCUT2D eigenvalue weighted by atomic mass is 10.1. The van der Waals surface area contributed by atoms with Gasteiger partial charge in [-0.05, 0) is 31.7 Å². The molecular weight excluding hydrogens is 396 g/mol. The number of carboxylic acid groups (broad SMARTS) is 1. The van der Waals surface area contributed by atoms with Crippen LogP contribution in [0, 0.1) is 0 Å². The zero-order valence-corrected chi connectivity index (χ0v) is 16.9. The number of ether oxygens (including phenoxy) is 1. The van der Waals surface area contributed by atoms with E-state index >= 15 is 0 Å². The zero-order valence-electron chi connectivity index (χ0n) is 16.2. The van der Waals surface area contributed by atoms with Crippen LogP contribution in [0.3, 0.4) is 0 Å². The van der Waals surface area contributed by atoms with Crippen molar-refractivity contribution in [3.05, 3.63) is 52.8 Å². The second-order valence-corrected chi connectivity index (χ2v) is 6.94. The fraction of sp³-hybridized carbons (Fsp3) is 0.350. The maximum absolute atomic E-state index is 11.7. The summed E-state index contributed by atoms with van der Waals surface area (Å²) in [5, 5.41) is 15.1. The van der Waals surface area contributed by atoms with Gasteiger partial charge in [0.1, 0.15) is 12.2 Å². The van der Waals surface area contributed by atoms with E-state index in [9.17, 15) is 14.7 Å². The Morgan fingerprint density at radius 3 is 2.69 bits per heavy atom. The van der Waals surface area contributed by atoms with E-state index < -0.39 is 12.1 Å². The van der Waals surface area contributed by atoms with E-state index in [4.69, 9.17) is 22.1 Å². The van der Waals surface area contributed by atoms with Crippen molar-refractivity contribution in [2.24, 2.45) is 0 Å². The Bertz CT molecular complexity index is 833. The van der Waals surface area contributed by atoms with Gasteiger partial charge in [0.05, 0.1) is 11.4 Å². The van der Waals surface area contributed by atoms with Crippen molar-refractivity contribution >= 4 is 35.0 Å². The Labute approximate surface area is 174 Å². The summed E-state index contributed by atoms with van der Waals surface area (Å²) < 4.78 is 5.14. The molecule has 1 heterocycles. The third kappa shape index (κ3) is 7.15. The number of nitrogen functional groups attached to an aromatic ring is 1. The Hall–Kier alpha value is -3.00. The Balaban J connectivity index is 1.69. The Kier molecular flexibility index (Phi) is 8.54. The molecule has 1 aromatic carbocycles. The largest absolute Gasteiger partial charge is 0.478 e. The lowest BCUT2D eigenvalue weighted by Gasteiger charge is -2.19. The van der Waals surface area contributed by atoms with Gasteiger partial charge < -0.3 is 26.2 Å². The van der Waals surface area contributed by atoms with E-state index in [0.29, 0.717) is 6.54 Å². The highest BCUT2D eigenvalue weighted by atomic mass is 35.5. The average molecular weight is 421 g/mol. The molecule has 2 aromatic rings. The first-order valence-corrected chi connectivity index (χ1v) is 9.64. The van der Waals surface area contributed by atoms with Crippen molar-refractivity contribution in [3.63, 3.8) is 0 Å². The SMILES string of the molecule is CC(CCCCNC(=O)OCc1ccccc1)Nc1c(C(=O)O)cnc(Cl)c1N. The van der Waals surface area contributed by atoms with E-state index in [2.05, 4.69) is 15.6 Å². The van der Waals surface area contributed by atoms with Crippen LogP contribution in [0.1, 0.15) is 42.1 Å². The maximum atomic E-state index is 11.7. The number of rotatable bonds is 10. The van der Waals surface area contributed by atoms with Crippen LogP contribution in [0.25, 0.3) is 0 Å². The molecule has 9 heteroatoms. The average Bonchev–Trinajstić information content (AvgIpc) is 2.70. The smallest absolute Gasteiger partial charge is 0.407 e. The molecule has 1 aromatic heterocycles. The van der Waals surface area contributed by atoms with Crippen LogP contribution in [0.4, 0.5) is 16.2 Å². The van der Waals surface area contributed by atoms with Gasteiger partial charge in [-0.15, -0.1) is 0 Å². The van der Waals surface area contributed by atoms with Crippen LogP contribution in [-0.2, 0) is 11.3 Å². The standard InChI is InChI=1S/C20H25ClN4O4/c1-13(25-17-15(19(26)27)11-24-18(21)16(17)22)7-5-6-10-23-20(28)29-12-14-8-3-2-4-9-14/h2-4,8-9,11,13H,5-7,10,12,22H2,1H3,(H,23,28)(H,24,25)(H,26,27). The molecule has 2 rings (SSSR count). The number of alkyl carbamates (subject to hydrolysis) is 1. The molecular formula is C20H25ClN4O4. The first-order valence-electron chi connectivity index (χ1n) is 9.26. The number of amides is 1. The van der Waals surface area contributed by atoms with Crippen LogP contribution in [0.5, 0.6) is 0 Å². The van der Waals surface area contributed by atoms with Gasteiger partial charge in [0, 0.05) is 18.8 Å². The molecule has 0 aliphatic heterocycles. The fourth-order valence-electron chi connectivity index (χ4n) is 2.68. The third-order valence-corrected chi connectivity index (χ3v) is 4.54. The number of nitrogens with one attached hydrogen (secondary N) is 2. The monoisotopic (exact) mass is 420 g/mol. The van der Waals surface area contributed by atoms with Gasteiger partial charge in [-0.1, -0.05) is 41.9 Å². The number of benzene rings is 1. The van der Waals surface area contributed by atoms with Gasteiger partial charge in [-0.25, -0.2) is 14.6 Å². The molecule has 5 N–H and O–H groups in total. The predicted octanol–water partition coefficient (Wildman–Crippen LogP) is 3.91. The number of hydrogen-bond acceptors (Lipinski definition) is 6. The number of anilines is 2. The van der Waals surface area contributed by atoms with Crippen molar-refractivity contribution < 1.29 is 19.4 Å². The fourth-order valence-corrected chi connectivity index (χ4v) is 2.82. The van der Waals surface area contributed by atoms with Crippen molar-refractivity contribution in [3.8, 4) is 0 Å². The molecule has 0 saturated carbocycles. The van der Waals surface area contributed by atoms with Crippen molar-refractivity contribution in [1.82, 2.24) is 10.3 Å². The predicted molar refractivity (Wildman–Crippen MR) is 112 cm³/mol. The number of pyridine rings is 1. The minimum Gasteiger partial charge on any atom is -0.478 e. The van der Waals surface area contributed by atoms with Gasteiger partial charge in [0.15, 0.2) is 5.15 Å². The number of hydrogen-bond donors (Lipinski definition) is 4. The second-order valence-electron chi connectivity index (χ2n) is 6.59. The molecule has 1 unspecified atom stereocenters. The quantitative estimate of drug-likeness (QED) is 0.339. The summed E-state index contributed by atoms with van der Waals surface area (Å²) in [4.78, 5) is 26.8. The van der Waals surface area contributed by atoms with Gasteiger partial charge in [-0.2, -0.15) is 0 Å². The molecule has 0 saturated heterocycles. The van der Waals surface area contributed by atoms with E-state index in [1.807, 2.05) is 37.3 Å². The van der Waals surface area contributed by atoms with Crippen LogP contribution in [0.2, 0.25) is 5.15 Å². The van der Waals surface area contributed by atoms with E-state index in [-0.39, 0.29) is 34.7 Å². The van der Waals surface area contributed by atoms with Crippen LogP contribution < -0.4 is 16.4 Å². The first-order chi connectivity index (χ1) is 13.9. The minimum atomic E-state index is -1.13. The van der Waals surface area contributed by atoms with Crippen LogP contribution in [0.15, 0.2) is 36.5 Å². The number of halogens is 1. The Morgan fingerprint density at radius 2 is 2.00 bits per heavy atom. The van der Waals surface area contributed by atoms with Gasteiger partial charge in [-0.3, -0.25) is 0 Å². The van der Waals surface area contributed by atoms with Gasteiger partial charge in [0.25, 0.3) is 0 Å². The highest BCUT2D eigenvalue weighted by Crippen LogP contribution is 2.30. The number of unbranched alkanes of at least 4 members (excludes halogenated alkanes) is 1. The lowest BCUT2D eigenvalue weighted by molar-refractivity contribution is 0.0697. The number of aromatic carboxylic acids is 1. The molecule has 0 aliphatic rings. The molecule has 8 nitrogen and oxygen atoms in total. The molecule has 156 valence electrons. The summed E-state index contributed by atoms with van der Waals surface area (Å²) >= 11 is 5.89. The number of carbonyl (C=O) groups is 2. The molecule has 0 radical (unpaired) electrons. The summed E-state index contributed by atoms with van der Waals surface area (Å²) in [5.41, 5.74) is 7.15. The van der Waals surface area contributed by atoms with Crippen molar-refractivity contribution in [1.29, 1.82) is 0 Å². The highest BCUT2D eigenvalue weighted by molar-refractivity contribution is 6.32. The first kappa shape index (κ1) is 22.3. The minimum absolute atomic E-state index is 0.0263. The van der Waals surface area contributed by atoms with Crippen LogP contribution in [-0.4, -0.2) is 34.7 Å². The van der Waals surface area contributed by atoms with E-state index in [1.165, 1.54) is 6.20 Å². The van der Waals surface area contributed by atoms with Crippen molar-refractivity contribution in [2.75, 3.05) is 17.6 Å². The lowest BCUT2D eigenvalue weighted by Crippen LogP contribution is -2.25. The normalized spacial score (nSPS) is 11.5. The molecule has 1 amide bonds. The van der Waals surface area contributed by atoms with Crippen LogP contribution >= 0.6 is 11.6 Å². The molecule has 1 atom stereocenters.